The first kappa shape index (κ1) is 16.5. The van der Waals surface area contributed by atoms with Gasteiger partial charge in [0.25, 0.3) is 0 Å². The molecule has 136 valence electrons. The third kappa shape index (κ3) is 2.82. The van der Waals surface area contributed by atoms with Crippen LogP contribution in [0, 0.1) is 0 Å². The molecule has 0 radical (unpaired) electrons. The molecule has 0 bridgehead atoms. The third-order valence-electron chi connectivity index (χ3n) is 5.19. The van der Waals surface area contributed by atoms with Gasteiger partial charge in [-0.1, -0.05) is 41.7 Å². The summed E-state index contributed by atoms with van der Waals surface area (Å²) in [5, 5.41) is 13.3. The van der Waals surface area contributed by atoms with E-state index in [4.69, 9.17) is 4.74 Å². The molecule has 2 aliphatic rings. The zero-order chi connectivity index (χ0) is 18.6. The second-order valence-corrected chi connectivity index (χ2v) is 8.69. The number of aromatic nitrogens is 2. The minimum absolute atomic E-state index is 0.112. The second-order valence-electron chi connectivity index (χ2n) is 7.72. The van der Waals surface area contributed by atoms with Crippen LogP contribution in [0.1, 0.15) is 36.1 Å². The van der Waals surface area contributed by atoms with E-state index in [0.29, 0.717) is 0 Å². The Morgan fingerprint density at radius 1 is 1.04 bits per heavy atom. The van der Waals surface area contributed by atoms with Crippen molar-refractivity contribution in [1.29, 1.82) is 0 Å². The van der Waals surface area contributed by atoms with E-state index in [1.807, 2.05) is 7.05 Å². The Hall–Kier alpha value is -2.66. The SMILES string of the molecule is CNc1nnc(-c2ccc3c(c2)C(c2ccc4c(c2)OC(C)(C)C4)=CC3)s1. The molecule has 0 saturated heterocycles. The summed E-state index contributed by atoms with van der Waals surface area (Å²) in [7, 11) is 1.87. The van der Waals surface area contributed by atoms with Crippen LogP contribution in [0.5, 0.6) is 5.75 Å². The van der Waals surface area contributed by atoms with Gasteiger partial charge in [-0.2, -0.15) is 0 Å². The van der Waals surface area contributed by atoms with Gasteiger partial charge in [-0.25, -0.2) is 0 Å². The first-order valence-electron chi connectivity index (χ1n) is 9.20. The highest BCUT2D eigenvalue weighted by Crippen LogP contribution is 2.41. The largest absolute Gasteiger partial charge is 0.487 e. The first-order valence-corrected chi connectivity index (χ1v) is 10.0. The van der Waals surface area contributed by atoms with Crippen molar-refractivity contribution in [3.8, 4) is 16.3 Å². The quantitative estimate of drug-likeness (QED) is 0.704. The Kier molecular flexibility index (Phi) is 3.62. The Bertz CT molecular complexity index is 1080. The number of benzene rings is 2. The van der Waals surface area contributed by atoms with Gasteiger partial charge in [0.05, 0.1) is 0 Å². The van der Waals surface area contributed by atoms with Gasteiger partial charge in [0.2, 0.25) is 5.13 Å². The van der Waals surface area contributed by atoms with Gasteiger partial charge >= 0.3 is 0 Å². The molecule has 5 rings (SSSR count). The maximum atomic E-state index is 6.14. The van der Waals surface area contributed by atoms with Crippen LogP contribution >= 0.6 is 11.3 Å². The minimum Gasteiger partial charge on any atom is -0.487 e. The van der Waals surface area contributed by atoms with Gasteiger partial charge in [0.15, 0.2) is 0 Å². The van der Waals surface area contributed by atoms with Crippen LogP contribution in [-0.2, 0) is 12.8 Å². The molecule has 2 aromatic carbocycles. The van der Waals surface area contributed by atoms with Gasteiger partial charge in [-0.3, -0.25) is 0 Å². The van der Waals surface area contributed by atoms with Crippen LogP contribution in [0.4, 0.5) is 5.13 Å². The van der Waals surface area contributed by atoms with Gasteiger partial charge in [0.1, 0.15) is 16.4 Å². The van der Waals surface area contributed by atoms with E-state index in [2.05, 4.69) is 71.8 Å². The summed E-state index contributed by atoms with van der Waals surface area (Å²) in [5.41, 5.74) is 7.43. The van der Waals surface area contributed by atoms with Crippen LogP contribution in [0.3, 0.4) is 0 Å². The fourth-order valence-corrected chi connectivity index (χ4v) is 4.62. The van der Waals surface area contributed by atoms with E-state index in [1.165, 1.54) is 27.8 Å². The summed E-state index contributed by atoms with van der Waals surface area (Å²) in [4.78, 5) is 0. The lowest BCUT2D eigenvalue weighted by molar-refractivity contribution is 0.138. The van der Waals surface area contributed by atoms with Gasteiger partial charge < -0.3 is 10.1 Å². The number of rotatable bonds is 3. The average Bonchev–Trinajstić information content (AvgIpc) is 3.35. The number of allylic oxidation sites excluding steroid dienone is 1. The lowest BCUT2D eigenvalue weighted by atomic mass is 9.95. The Labute approximate surface area is 162 Å². The van der Waals surface area contributed by atoms with Gasteiger partial charge in [-0.05, 0) is 60.2 Å². The zero-order valence-corrected chi connectivity index (χ0v) is 16.5. The lowest BCUT2D eigenvalue weighted by Gasteiger charge is -2.17. The zero-order valence-electron chi connectivity index (χ0n) is 15.7. The Morgan fingerprint density at radius 2 is 1.85 bits per heavy atom. The van der Waals surface area contributed by atoms with Crippen LogP contribution in [0.2, 0.25) is 0 Å². The highest BCUT2D eigenvalue weighted by Gasteiger charge is 2.30. The van der Waals surface area contributed by atoms with Gasteiger partial charge in [0, 0.05) is 19.0 Å². The van der Waals surface area contributed by atoms with E-state index < -0.39 is 0 Å². The summed E-state index contributed by atoms with van der Waals surface area (Å²) >= 11 is 1.57. The summed E-state index contributed by atoms with van der Waals surface area (Å²) in [5.74, 6) is 1.02. The number of nitrogens with zero attached hydrogens (tertiary/aromatic N) is 2. The number of ether oxygens (including phenoxy) is 1. The van der Waals surface area contributed by atoms with Crippen LogP contribution in [0.15, 0.2) is 42.5 Å². The monoisotopic (exact) mass is 375 g/mol. The van der Waals surface area contributed by atoms with E-state index in [9.17, 15) is 0 Å². The van der Waals surface area contributed by atoms with Crippen molar-refractivity contribution >= 4 is 22.0 Å². The molecule has 0 saturated carbocycles. The molecule has 1 aliphatic carbocycles. The molecule has 1 N–H and O–H groups in total. The van der Waals surface area contributed by atoms with Crippen molar-refractivity contribution in [3.05, 3.63) is 64.7 Å². The highest BCUT2D eigenvalue weighted by molar-refractivity contribution is 7.18. The van der Waals surface area contributed by atoms with Crippen LogP contribution in [-0.4, -0.2) is 22.8 Å². The topological polar surface area (TPSA) is 47.0 Å². The molecule has 1 aromatic heterocycles. The van der Waals surface area contributed by atoms with Crippen molar-refractivity contribution in [2.45, 2.75) is 32.3 Å². The third-order valence-corrected chi connectivity index (χ3v) is 6.18. The molecule has 0 atom stereocenters. The number of nitrogens with one attached hydrogen (secondary N) is 1. The van der Waals surface area contributed by atoms with Crippen LogP contribution in [0.25, 0.3) is 16.1 Å². The maximum absolute atomic E-state index is 6.14. The molecule has 0 fully saturated rings. The molecular weight excluding hydrogens is 354 g/mol. The standard InChI is InChI=1S/C22H21N3OS/c1-22(2)12-16-7-5-14(11-19(16)26-22)17-9-8-13-4-6-15(10-18(13)17)20-24-25-21(23-3)27-20/h4-7,9-11H,8,12H2,1-3H3,(H,23,25). The summed E-state index contributed by atoms with van der Waals surface area (Å²) in [6.45, 7) is 4.29. The predicted molar refractivity (Wildman–Crippen MR) is 111 cm³/mol. The van der Waals surface area contributed by atoms with Crippen molar-refractivity contribution in [3.63, 3.8) is 0 Å². The molecule has 1 aliphatic heterocycles. The molecule has 3 aromatic rings. The first-order chi connectivity index (χ1) is 13.0. The second kappa shape index (κ2) is 5.92. The summed E-state index contributed by atoms with van der Waals surface area (Å²) in [6, 6.07) is 13.2. The summed E-state index contributed by atoms with van der Waals surface area (Å²) < 4.78 is 6.14. The molecule has 0 amide bonds. The number of anilines is 1. The number of hydrogen-bond donors (Lipinski definition) is 1. The molecule has 5 heteroatoms. The average molecular weight is 375 g/mol. The normalized spacial score (nSPS) is 16.5. The van der Waals surface area contributed by atoms with Gasteiger partial charge in [-0.15, -0.1) is 10.2 Å². The molecular formula is C22H21N3OS. The minimum atomic E-state index is -0.112. The highest BCUT2D eigenvalue weighted by atomic mass is 32.1. The van der Waals surface area contributed by atoms with E-state index >= 15 is 0 Å². The van der Waals surface area contributed by atoms with Crippen molar-refractivity contribution in [1.82, 2.24) is 10.2 Å². The Morgan fingerprint density at radius 3 is 2.67 bits per heavy atom. The summed E-state index contributed by atoms with van der Waals surface area (Å²) in [6.07, 6.45) is 4.24. The predicted octanol–water partition coefficient (Wildman–Crippen LogP) is 4.95. The fraction of sp³-hybridized carbons (Fsp3) is 0.273. The van der Waals surface area contributed by atoms with E-state index in [0.717, 1.165) is 34.3 Å². The fourth-order valence-electron chi connectivity index (χ4n) is 3.93. The van der Waals surface area contributed by atoms with Crippen molar-refractivity contribution in [2.75, 3.05) is 12.4 Å². The lowest BCUT2D eigenvalue weighted by Crippen LogP contribution is -2.24. The molecule has 0 spiro atoms. The van der Waals surface area contributed by atoms with Crippen molar-refractivity contribution < 1.29 is 4.74 Å². The molecule has 0 unspecified atom stereocenters. The Balaban J connectivity index is 1.52. The number of fused-ring (bicyclic) bond motifs is 2. The smallest absolute Gasteiger partial charge is 0.205 e. The van der Waals surface area contributed by atoms with Crippen molar-refractivity contribution in [2.24, 2.45) is 0 Å². The molecule has 2 heterocycles. The van der Waals surface area contributed by atoms with Crippen LogP contribution < -0.4 is 10.1 Å². The van der Waals surface area contributed by atoms with E-state index in [-0.39, 0.29) is 5.60 Å². The molecule has 4 nitrogen and oxygen atoms in total. The number of hydrogen-bond acceptors (Lipinski definition) is 5. The maximum Gasteiger partial charge on any atom is 0.205 e. The molecule has 27 heavy (non-hydrogen) atoms. The van der Waals surface area contributed by atoms with E-state index in [1.54, 1.807) is 11.3 Å².